The maximum absolute atomic E-state index is 14.1. The van der Waals surface area contributed by atoms with Gasteiger partial charge in [0, 0.05) is 30.6 Å². The molecule has 1 aromatic rings. The number of hydrogen-bond donors (Lipinski definition) is 1. The third-order valence-electron chi connectivity index (χ3n) is 5.47. The van der Waals surface area contributed by atoms with Gasteiger partial charge in [0.2, 0.25) is 0 Å². The summed E-state index contributed by atoms with van der Waals surface area (Å²) in [7, 11) is 1.31. The molecule has 1 amide bonds. The molecule has 0 spiro atoms. The second kappa shape index (κ2) is 5.16. The summed E-state index contributed by atoms with van der Waals surface area (Å²) in [4.78, 5) is 14.1. The van der Waals surface area contributed by atoms with Crippen molar-refractivity contribution in [2.45, 2.75) is 20.3 Å². The molecule has 4 nitrogen and oxygen atoms in total. The van der Waals surface area contributed by atoms with Gasteiger partial charge >= 0.3 is 0 Å². The number of halogens is 2. The fourth-order valence-corrected chi connectivity index (χ4v) is 4.52. The second-order valence-electron chi connectivity index (χ2n) is 7.39. The Labute approximate surface area is 134 Å². The SMILES string of the molecule is COc1cc(F)c(C(=O)N2C[C@@H]3C(C)(C)C[C@]3(CO)C2)c(F)c1. The summed E-state index contributed by atoms with van der Waals surface area (Å²) >= 11 is 0. The lowest BCUT2D eigenvalue weighted by Gasteiger charge is -2.55. The third-order valence-corrected chi connectivity index (χ3v) is 5.47. The average molecular weight is 325 g/mol. The number of rotatable bonds is 3. The summed E-state index contributed by atoms with van der Waals surface area (Å²) in [5.74, 6) is -2.34. The quantitative estimate of drug-likeness (QED) is 0.929. The number of hydrogen-bond acceptors (Lipinski definition) is 3. The minimum Gasteiger partial charge on any atom is -0.497 e. The van der Waals surface area contributed by atoms with Gasteiger partial charge in [0.05, 0.1) is 13.7 Å². The lowest BCUT2D eigenvalue weighted by molar-refractivity contribution is -0.0977. The van der Waals surface area contributed by atoms with Crippen molar-refractivity contribution in [3.8, 4) is 5.75 Å². The smallest absolute Gasteiger partial charge is 0.259 e. The van der Waals surface area contributed by atoms with E-state index in [0.717, 1.165) is 18.6 Å². The van der Waals surface area contributed by atoms with E-state index in [1.807, 2.05) is 0 Å². The van der Waals surface area contributed by atoms with Crippen molar-refractivity contribution < 1.29 is 23.4 Å². The van der Waals surface area contributed by atoms with Crippen molar-refractivity contribution in [2.75, 3.05) is 26.8 Å². The van der Waals surface area contributed by atoms with Crippen LogP contribution < -0.4 is 4.74 Å². The number of ether oxygens (including phenoxy) is 1. The van der Waals surface area contributed by atoms with E-state index < -0.39 is 23.1 Å². The Kier molecular flexibility index (Phi) is 3.63. The number of nitrogens with zero attached hydrogens (tertiary/aromatic N) is 1. The molecule has 0 unspecified atom stereocenters. The van der Waals surface area contributed by atoms with E-state index in [2.05, 4.69) is 13.8 Å². The number of methoxy groups -OCH3 is 1. The molecule has 1 heterocycles. The summed E-state index contributed by atoms with van der Waals surface area (Å²) in [5.41, 5.74) is -0.870. The summed E-state index contributed by atoms with van der Waals surface area (Å²) in [6.45, 7) is 4.92. The zero-order chi connectivity index (χ0) is 17.0. The number of fused-ring (bicyclic) bond motifs is 1. The summed E-state index contributed by atoms with van der Waals surface area (Å²) in [6.07, 6.45) is 0.804. The van der Waals surface area contributed by atoms with Crippen LogP contribution >= 0.6 is 0 Å². The van der Waals surface area contributed by atoms with Crippen molar-refractivity contribution in [1.29, 1.82) is 0 Å². The molecule has 2 fully saturated rings. The monoisotopic (exact) mass is 325 g/mol. The first-order chi connectivity index (χ1) is 10.7. The molecule has 6 heteroatoms. The van der Waals surface area contributed by atoms with Crippen LogP contribution in [0.4, 0.5) is 8.78 Å². The lowest BCUT2D eigenvalue weighted by Crippen LogP contribution is -2.54. The Morgan fingerprint density at radius 3 is 2.43 bits per heavy atom. The average Bonchev–Trinajstić information content (AvgIpc) is 2.81. The number of likely N-dealkylation sites (tertiary alicyclic amines) is 1. The molecule has 1 saturated carbocycles. The predicted molar refractivity (Wildman–Crippen MR) is 80.2 cm³/mol. The highest BCUT2D eigenvalue weighted by molar-refractivity contribution is 5.95. The predicted octanol–water partition coefficient (Wildman–Crippen LogP) is 2.45. The van der Waals surface area contributed by atoms with E-state index in [9.17, 15) is 18.7 Å². The van der Waals surface area contributed by atoms with Gasteiger partial charge in [-0.2, -0.15) is 0 Å². The maximum atomic E-state index is 14.1. The zero-order valence-electron chi connectivity index (χ0n) is 13.5. The Morgan fingerprint density at radius 2 is 2.00 bits per heavy atom. The Balaban J connectivity index is 1.88. The number of benzene rings is 1. The van der Waals surface area contributed by atoms with Crippen LogP contribution in [0.1, 0.15) is 30.6 Å². The molecule has 126 valence electrons. The van der Waals surface area contributed by atoms with Crippen LogP contribution in [0, 0.1) is 28.4 Å². The molecule has 2 atom stereocenters. The number of carbonyl (C=O) groups is 1. The highest BCUT2D eigenvalue weighted by Crippen LogP contribution is 2.62. The molecule has 0 aromatic heterocycles. The van der Waals surface area contributed by atoms with E-state index in [1.54, 1.807) is 0 Å². The van der Waals surface area contributed by atoms with E-state index in [-0.39, 0.29) is 29.1 Å². The minimum absolute atomic E-state index is 0.0154. The zero-order valence-corrected chi connectivity index (χ0v) is 13.5. The van der Waals surface area contributed by atoms with Gasteiger partial charge in [-0.05, 0) is 17.8 Å². The molecule has 3 rings (SSSR count). The van der Waals surface area contributed by atoms with Gasteiger partial charge in [0.15, 0.2) is 0 Å². The van der Waals surface area contributed by atoms with Gasteiger partial charge in [-0.25, -0.2) is 8.78 Å². The van der Waals surface area contributed by atoms with E-state index in [1.165, 1.54) is 12.0 Å². The maximum Gasteiger partial charge on any atom is 0.259 e. The van der Waals surface area contributed by atoms with E-state index in [0.29, 0.717) is 13.1 Å². The Hall–Kier alpha value is -1.69. The minimum atomic E-state index is -0.927. The van der Waals surface area contributed by atoms with Gasteiger partial charge in [0.25, 0.3) is 5.91 Å². The molecule has 1 saturated heterocycles. The van der Waals surface area contributed by atoms with Crippen molar-refractivity contribution in [3.63, 3.8) is 0 Å². The number of aliphatic hydroxyl groups is 1. The van der Waals surface area contributed by atoms with E-state index >= 15 is 0 Å². The number of aliphatic hydroxyl groups excluding tert-OH is 1. The second-order valence-corrected chi connectivity index (χ2v) is 7.39. The third kappa shape index (κ3) is 2.31. The first-order valence-electron chi connectivity index (χ1n) is 7.67. The van der Waals surface area contributed by atoms with Gasteiger partial charge in [-0.1, -0.05) is 13.8 Å². The Morgan fingerprint density at radius 1 is 1.39 bits per heavy atom. The summed E-state index contributed by atoms with van der Waals surface area (Å²) in [5, 5.41) is 9.72. The number of amides is 1. The normalized spacial score (nSPS) is 28.3. The van der Waals surface area contributed by atoms with Gasteiger partial charge in [-0.3, -0.25) is 4.79 Å². The largest absolute Gasteiger partial charge is 0.497 e. The summed E-state index contributed by atoms with van der Waals surface area (Å²) < 4.78 is 33.1. The molecule has 2 aliphatic rings. The Bertz CT molecular complexity index is 638. The van der Waals surface area contributed by atoms with Crippen molar-refractivity contribution >= 4 is 5.91 Å². The number of carbonyl (C=O) groups excluding carboxylic acids is 1. The molecule has 1 aromatic carbocycles. The highest BCUT2D eigenvalue weighted by atomic mass is 19.1. The van der Waals surface area contributed by atoms with Crippen molar-refractivity contribution in [2.24, 2.45) is 16.7 Å². The van der Waals surface area contributed by atoms with Crippen LogP contribution in [0.5, 0.6) is 5.75 Å². The summed E-state index contributed by atoms with van der Waals surface area (Å²) in [6, 6.07) is 2.01. The van der Waals surface area contributed by atoms with Crippen LogP contribution in [0.25, 0.3) is 0 Å². The molecule has 0 bridgehead atoms. The molecule has 1 N–H and O–H groups in total. The van der Waals surface area contributed by atoms with Gasteiger partial charge in [-0.15, -0.1) is 0 Å². The van der Waals surface area contributed by atoms with Crippen molar-refractivity contribution in [1.82, 2.24) is 4.90 Å². The van der Waals surface area contributed by atoms with Crippen LogP contribution in [0.2, 0.25) is 0 Å². The first kappa shape index (κ1) is 16.2. The van der Waals surface area contributed by atoms with Crippen LogP contribution in [-0.4, -0.2) is 42.7 Å². The van der Waals surface area contributed by atoms with Gasteiger partial charge < -0.3 is 14.7 Å². The highest BCUT2D eigenvalue weighted by Gasteiger charge is 2.63. The van der Waals surface area contributed by atoms with E-state index in [4.69, 9.17) is 4.74 Å². The lowest BCUT2D eigenvalue weighted by atomic mass is 9.48. The van der Waals surface area contributed by atoms with Gasteiger partial charge in [0.1, 0.15) is 22.9 Å². The molecule has 1 aliphatic heterocycles. The molecular formula is C17H21F2NO3. The molecule has 0 radical (unpaired) electrons. The van der Waals surface area contributed by atoms with Crippen LogP contribution in [0.3, 0.4) is 0 Å². The standard InChI is InChI=1S/C17H21F2NO3/c1-16(2)7-17(9-21)8-20(6-13(16)17)15(22)14-11(18)4-10(23-3)5-12(14)19/h4-5,13,21H,6-9H2,1-3H3/t13-,17-/m1/s1. The fourth-order valence-electron chi connectivity index (χ4n) is 4.52. The molecule has 23 heavy (non-hydrogen) atoms. The topological polar surface area (TPSA) is 49.8 Å². The van der Waals surface area contributed by atoms with Crippen LogP contribution in [-0.2, 0) is 0 Å². The molecular weight excluding hydrogens is 304 g/mol. The fraction of sp³-hybridized carbons (Fsp3) is 0.588. The van der Waals surface area contributed by atoms with Crippen LogP contribution in [0.15, 0.2) is 12.1 Å². The molecule has 1 aliphatic carbocycles. The van der Waals surface area contributed by atoms with Crippen molar-refractivity contribution in [3.05, 3.63) is 29.3 Å². The first-order valence-corrected chi connectivity index (χ1v) is 7.67.